The summed E-state index contributed by atoms with van der Waals surface area (Å²) in [5.41, 5.74) is -1.02. The van der Waals surface area contributed by atoms with Gasteiger partial charge in [0.25, 0.3) is 0 Å². The van der Waals surface area contributed by atoms with Crippen LogP contribution < -0.4 is 0 Å². The molecule has 1 fully saturated rings. The van der Waals surface area contributed by atoms with Crippen LogP contribution in [0.5, 0.6) is 0 Å². The summed E-state index contributed by atoms with van der Waals surface area (Å²) in [6, 6.07) is 9.21. The first-order valence-electron chi connectivity index (χ1n) is 6.43. The zero-order valence-corrected chi connectivity index (χ0v) is 11.0. The maximum absolute atomic E-state index is 11.9. The minimum absolute atomic E-state index is 0.127. The largest absolute Gasteiger partial charge is 0.479 e. The summed E-state index contributed by atoms with van der Waals surface area (Å²) in [5, 5.41) is 18.9. The lowest BCUT2D eigenvalue weighted by Gasteiger charge is -2.35. The summed E-state index contributed by atoms with van der Waals surface area (Å²) >= 11 is 0. The number of amides is 1. The number of carbonyl (C=O) groups is 2. The third kappa shape index (κ3) is 3.27. The molecular formula is C14H17NO5. The number of rotatable bonds is 3. The van der Waals surface area contributed by atoms with Crippen molar-refractivity contribution in [2.75, 3.05) is 13.1 Å². The van der Waals surface area contributed by atoms with Crippen LogP contribution in [0.3, 0.4) is 0 Å². The van der Waals surface area contributed by atoms with Gasteiger partial charge in [-0.1, -0.05) is 30.3 Å². The molecule has 0 spiro atoms. The van der Waals surface area contributed by atoms with Crippen LogP contribution in [0.15, 0.2) is 30.3 Å². The molecule has 6 nitrogen and oxygen atoms in total. The van der Waals surface area contributed by atoms with Crippen molar-refractivity contribution in [3.8, 4) is 0 Å². The maximum atomic E-state index is 11.9. The minimum Gasteiger partial charge on any atom is -0.479 e. The van der Waals surface area contributed by atoms with Gasteiger partial charge in [0.15, 0.2) is 5.60 Å². The third-order valence-corrected chi connectivity index (χ3v) is 3.33. The molecule has 1 aliphatic rings. The number of carboxylic acid groups (broad SMARTS) is 1. The Morgan fingerprint density at radius 3 is 2.65 bits per heavy atom. The fourth-order valence-corrected chi connectivity index (χ4v) is 2.18. The number of piperidine rings is 1. The average Bonchev–Trinajstić information content (AvgIpc) is 2.46. The van der Waals surface area contributed by atoms with E-state index in [1.165, 1.54) is 4.90 Å². The topological polar surface area (TPSA) is 87.1 Å². The number of hydrogen-bond donors (Lipinski definition) is 2. The molecule has 1 atom stereocenters. The Morgan fingerprint density at radius 1 is 1.30 bits per heavy atom. The van der Waals surface area contributed by atoms with E-state index in [9.17, 15) is 14.7 Å². The molecule has 1 amide bonds. The highest BCUT2D eigenvalue weighted by molar-refractivity contribution is 5.79. The molecule has 1 saturated heterocycles. The molecule has 0 saturated carbocycles. The molecule has 1 aromatic rings. The van der Waals surface area contributed by atoms with E-state index < -0.39 is 17.7 Å². The summed E-state index contributed by atoms with van der Waals surface area (Å²) in [7, 11) is 0. The van der Waals surface area contributed by atoms with E-state index in [2.05, 4.69) is 0 Å². The molecule has 1 aliphatic heterocycles. The molecule has 6 heteroatoms. The van der Waals surface area contributed by atoms with E-state index in [1.54, 1.807) is 0 Å². The molecule has 2 N–H and O–H groups in total. The number of carbonyl (C=O) groups excluding carboxylic acids is 1. The Morgan fingerprint density at radius 2 is 2.00 bits per heavy atom. The Hall–Kier alpha value is -2.08. The van der Waals surface area contributed by atoms with Gasteiger partial charge in [0.05, 0.1) is 6.54 Å². The van der Waals surface area contributed by atoms with Gasteiger partial charge in [-0.3, -0.25) is 0 Å². The van der Waals surface area contributed by atoms with Crippen molar-refractivity contribution in [2.45, 2.75) is 25.0 Å². The van der Waals surface area contributed by atoms with Crippen molar-refractivity contribution in [3.63, 3.8) is 0 Å². The molecule has 108 valence electrons. The Balaban J connectivity index is 1.91. The zero-order chi connectivity index (χ0) is 14.6. The van der Waals surface area contributed by atoms with Crippen molar-refractivity contribution < 1.29 is 24.5 Å². The number of β-amino-alcohol motifs (C(OH)–C–C–N with tert-alkyl or cyclic N) is 1. The monoisotopic (exact) mass is 279 g/mol. The Labute approximate surface area is 116 Å². The van der Waals surface area contributed by atoms with Crippen LogP contribution in [0, 0.1) is 0 Å². The maximum Gasteiger partial charge on any atom is 0.410 e. The molecule has 0 bridgehead atoms. The van der Waals surface area contributed by atoms with Gasteiger partial charge in [0.1, 0.15) is 6.61 Å². The second-order valence-corrected chi connectivity index (χ2v) is 4.90. The van der Waals surface area contributed by atoms with E-state index in [4.69, 9.17) is 9.84 Å². The quantitative estimate of drug-likeness (QED) is 0.869. The van der Waals surface area contributed by atoms with Crippen LogP contribution >= 0.6 is 0 Å². The first-order chi connectivity index (χ1) is 9.51. The number of aliphatic carboxylic acids is 1. The first-order valence-corrected chi connectivity index (χ1v) is 6.43. The van der Waals surface area contributed by atoms with E-state index in [0.717, 1.165) is 5.56 Å². The van der Waals surface area contributed by atoms with E-state index in [-0.39, 0.29) is 19.6 Å². The minimum atomic E-state index is -1.87. The third-order valence-electron chi connectivity index (χ3n) is 3.33. The van der Waals surface area contributed by atoms with Gasteiger partial charge in [-0.05, 0) is 18.4 Å². The highest BCUT2D eigenvalue weighted by Crippen LogP contribution is 2.22. The molecule has 0 aliphatic carbocycles. The lowest BCUT2D eigenvalue weighted by molar-refractivity contribution is -0.163. The molecule has 0 aromatic heterocycles. The summed E-state index contributed by atoms with van der Waals surface area (Å²) in [6.45, 7) is 0.279. The number of likely N-dealkylation sites (tertiary alicyclic amines) is 1. The van der Waals surface area contributed by atoms with Crippen molar-refractivity contribution in [1.82, 2.24) is 4.90 Å². The normalized spacial score (nSPS) is 22.4. The molecule has 20 heavy (non-hydrogen) atoms. The predicted octanol–water partition coefficient (Wildman–Crippen LogP) is 1.23. The zero-order valence-electron chi connectivity index (χ0n) is 11.0. The fourth-order valence-electron chi connectivity index (χ4n) is 2.18. The predicted molar refractivity (Wildman–Crippen MR) is 70.0 cm³/mol. The van der Waals surface area contributed by atoms with E-state index in [0.29, 0.717) is 13.0 Å². The number of aliphatic hydroxyl groups is 1. The van der Waals surface area contributed by atoms with Crippen LogP contribution in [0.4, 0.5) is 4.79 Å². The summed E-state index contributed by atoms with van der Waals surface area (Å²) in [6.07, 6.45) is -0.0261. The highest BCUT2D eigenvalue weighted by Gasteiger charge is 2.42. The second kappa shape index (κ2) is 5.92. The van der Waals surface area contributed by atoms with Crippen LogP contribution in [-0.4, -0.2) is 45.9 Å². The number of ether oxygens (including phenoxy) is 1. The van der Waals surface area contributed by atoms with Gasteiger partial charge >= 0.3 is 12.1 Å². The molecule has 1 heterocycles. The van der Waals surface area contributed by atoms with Crippen LogP contribution in [0.1, 0.15) is 18.4 Å². The van der Waals surface area contributed by atoms with Gasteiger partial charge in [0, 0.05) is 6.54 Å². The molecule has 2 rings (SSSR count). The number of hydrogen-bond acceptors (Lipinski definition) is 4. The van der Waals surface area contributed by atoms with Gasteiger partial charge in [-0.2, -0.15) is 0 Å². The molecule has 1 unspecified atom stereocenters. The first kappa shape index (κ1) is 14.3. The average molecular weight is 279 g/mol. The van der Waals surface area contributed by atoms with Crippen molar-refractivity contribution >= 4 is 12.1 Å². The van der Waals surface area contributed by atoms with Gasteiger partial charge in [0.2, 0.25) is 0 Å². The molecule has 0 radical (unpaired) electrons. The molecule has 1 aromatic carbocycles. The Bertz CT molecular complexity index is 490. The SMILES string of the molecule is O=C(OCc1ccccc1)N1CCCC(O)(C(=O)O)C1. The standard InChI is InChI=1S/C14H17NO5/c16-12(17)14(19)7-4-8-15(10-14)13(18)20-9-11-5-2-1-3-6-11/h1-3,5-6,19H,4,7-10H2,(H,16,17). The van der Waals surface area contributed by atoms with Crippen molar-refractivity contribution in [3.05, 3.63) is 35.9 Å². The van der Waals surface area contributed by atoms with Crippen LogP contribution in [0.25, 0.3) is 0 Å². The number of carboxylic acids is 1. The van der Waals surface area contributed by atoms with Crippen LogP contribution in [-0.2, 0) is 16.1 Å². The van der Waals surface area contributed by atoms with E-state index >= 15 is 0 Å². The molecular weight excluding hydrogens is 262 g/mol. The van der Waals surface area contributed by atoms with E-state index in [1.807, 2.05) is 30.3 Å². The van der Waals surface area contributed by atoms with Gasteiger partial charge in [-0.25, -0.2) is 9.59 Å². The number of nitrogens with zero attached hydrogens (tertiary/aromatic N) is 1. The lowest BCUT2D eigenvalue weighted by Crippen LogP contribution is -2.54. The summed E-state index contributed by atoms with van der Waals surface area (Å²) < 4.78 is 5.12. The Kier molecular flexibility index (Phi) is 4.24. The van der Waals surface area contributed by atoms with Crippen molar-refractivity contribution in [1.29, 1.82) is 0 Å². The summed E-state index contributed by atoms with van der Waals surface area (Å²) in [4.78, 5) is 24.1. The highest BCUT2D eigenvalue weighted by atomic mass is 16.6. The second-order valence-electron chi connectivity index (χ2n) is 4.90. The van der Waals surface area contributed by atoms with Gasteiger partial charge < -0.3 is 19.8 Å². The van der Waals surface area contributed by atoms with Crippen molar-refractivity contribution in [2.24, 2.45) is 0 Å². The fraction of sp³-hybridized carbons (Fsp3) is 0.429. The van der Waals surface area contributed by atoms with Crippen LogP contribution in [0.2, 0.25) is 0 Å². The smallest absolute Gasteiger partial charge is 0.410 e. The lowest BCUT2D eigenvalue weighted by atomic mass is 9.93. The van der Waals surface area contributed by atoms with Gasteiger partial charge in [-0.15, -0.1) is 0 Å². The number of benzene rings is 1. The summed E-state index contributed by atoms with van der Waals surface area (Å²) in [5.74, 6) is -1.31.